The van der Waals surface area contributed by atoms with E-state index in [0.29, 0.717) is 12.8 Å². The molecule has 4 nitrogen and oxygen atoms in total. The summed E-state index contributed by atoms with van der Waals surface area (Å²) in [6.45, 7) is -0.150. The maximum Gasteiger partial charge on any atom is 0.226 e. The minimum absolute atomic E-state index is 0.150. The van der Waals surface area contributed by atoms with Gasteiger partial charge in [0.05, 0.1) is 12.1 Å². The Morgan fingerprint density at radius 2 is 1.86 bits per heavy atom. The lowest BCUT2D eigenvalue weighted by Crippen LogP contribution is -2.52. The van der Waals surface area contributed by atoms with E-state index in [0.717, 1.165) is 19.3 Å². The van der Waals surface area contributed by atoms with Crippen LogP contribution in [0.4, 0.5) is 0 Å². The number of rotatable bonds is 4. The van der Waals surface area contributed by atoms with Crippen molar-refractivity contribution in [3.63, 3.8) is 0 Å². The zero-order valence-corrected chi connectivity index (χ0v) is 9.57. The second-order valence-electron chi connectivity index (χ2n) is 3.83. The van der Waals surface area contributed by atoms with Crippen LogP contribution in [0.5, 0.6) is 0 Å². The summed E-state index contributed by atoms with van der Waals surface area (Å²) in [7, 11) is -3.43. The van der Waals surface area contributed by atoms with E-state index in [2.05, 4.69) is 4.72 Å². The van der Waals surface area contributed by atoms with Gasteiger partial charge in [0.25, 0.3) is 0 Å². The number of nitrogens with one attached hydrogen (secondary N) is 1. The Labute approximate surface area is 89.7 Å². The molecule has 0 bridgehead atoms. The summed E-state index contributed by atoms with van der Waals surface area (Å²) < 4.78 is 25.1. The first-order chi connectivity index (χ1) is 6.54. The van der Waals surface area contributed by atoms with Gasteiger partial charge in [0.2, 0.25) is 10.0 Å². The van der Waals surface area contributed by atoms with Crippen LogP contribution in [0.15, 0.2) is 0 Å². The summed E-state index contributed by atoms with van der Waals surface area (Å²) in [4.78, 5) is 0. The van der Waals surface area contributed by atoms with Crippen LogP contribution in [0, 0.1) is 0 Å². The Hall–Kier alpha value is 0.160. The number of hydrogen-bond acceptors (Lipinski definition) is 3. The zero-order chi connectivity index (χ0) is 10.7. The fraction of sp³-hybridized carbons (Fsp3) is 1.00. The molecule has 0 aromatic heterocycles. The van der Waals surface area contributed by atoms with Crippen LogP contribution >= 0.6 is 11.6 Å². The van der Waals surface area contributed by atoms with Crippen LogP contribution in [-0.2, 0) is 10.0 Å². The number of alkyl halides is 1. The van der Waals surface area contributed by atoms with E-state index in [1.165, 1.54) is 0 Å². The van der Waals surface area contributed by atoms with Gasteiger partial charge in [-0.25, -0.2) is 13.1 Å². The molecule has 1 fully saturated rings. The second-order valence-corrected chi connectivity index (χ2v) is 6.13. The molecule has 84 valence electrons. The average molecular weight is 242 g/mol. The summed E-state index contributed by atoms with van der Waals surface area (Å²) in [5.41, 5.74) is -0.661. The molecule has 0 radical (unpaired) electrons. The lowest BCUT2D eigenvalue weighted by molar-refractivity contribution is 0.142. The summed E-state index contributed by atoms with van der Waals surface area (Å²) in [6.07, 6.45) is 4.39. The summed E-state index contributed by atoms with van der Waals surface area (Å²) in [5.74, 6) is 0. The highest BCUT2D eigenvalue weighted by Gasteiger charge is 2.34. The first-order valence-electron chi connectivity index (χ1n) is 4.72. The van der Waals surface area contributed by atoms with Gasteiger partial charge in [-0.15, -0.1) is 11.6 Å². The van der Waals surface area contributed by atoms with E-state index in [1.807, 2.05) is 0 Å². The normalized spacial score (nSPS) is 22.1. The molecule has 14 heavy (non-hydrogen) atoms. The molecule has 1 rings (SSSR count). The van der Waals surface area contributed by atoms with Gasteiger partial charge in [0, 0.05) is 0 Å². The van der Waals surface area contributed by atoms with Crippen molar-refractivity contribution in [2.45, 2.75) is 37.6 Å². The van der Waals surface area contributed by atoms with Crippen molar-refractivity contribution < 1.29 is 13.5 Å². The summed E-state index contributed by atoms with van der Waals surface area (Å²) in [6, 6.07) is 0. The minimum atomic E-state index is -3.43. The molecule has 1 aliphatic carbocycles. The van der Waals surface area contributed by atoms with Gasteiger partial charge in [-0.05, 0) is 12.8 Å². The smallest absolute Gasteiger partial charge is 0.226 e. The van der Waals surface area contributed by atoms with Crippen molar-refractivity contribution in [3.05, 3.63) is 0 Å². The molecule has 0 amide bonds. The number of aliphatic hydroxyl groups is 1. The Bertz CT molecular complexity index is 272. The fourth-order valence-electron chi connectivity index (χ4n) is 1.88. The van der Waals surface area contributed by atoms with Gasteiger partial charge < -0.3 is 5.11 Å². The number of sulfonamides is 1. The summed E-state index contributed by atoms with van der Waals surface area (Å²) >= 11 is 5.30. The molecule has 0 saturated heterocycles. The van der Waals surface area contributed by atoms with Crippen LogP contribution in [0.3, 0.4) is 0 Å². The molecule has 0 heterocycles. The number of hydrogen-bond donors (Lipinski definition) is 2. The van der Waals surface area contributed by atoms with Crippen molar-refractivity contribution in [2.75, 3.05) is 11.8 Å². The van der Waals surface area contributed by atoms with Crippen LogP contribution in [-0.4, -0.2) is 30.9 Å². The van der Waals surface area contributed by atoms with Crippen molar-refractivity contribution in [1.82, 2.24) is 4.72 Å². The minimum Gasteiger partial charge on any atom is -0.394 e. The maximum absolute atomic E-state index is 11.3. The zero-order valence-electron chi connectivity index (χ0n) is 8.00. The number of halogens is 1. The van der Waals surface area contributed by atoms with Crippen molar-refractivity contribution in [1.29, 1.82) is 0 Å². The first-order valence-corrected chi connectivity index (χ1v) is 6.91. The van der Waals surface area contributed by atoms with Crippen LogP contribution < -0.4 is 4.72 Å². The topological polar surface area (TPSA) is 66.4 Å². The average Bonchev–Trinajstić information content (AvgIpc) is 2.19. The second kappa shape index (κ2) is 4.79. The first kappa shape index (κ1) is 12.2. The highest BCUT2D eigenvalue weighted by Crippen LogP contribution is 2.28. The monoisotopic (exact) mass is 241 g/mol. The van der Waals surface area contributed by atoms with Crippen molar-refractivity contribution in [3.8, 4) is 0 Å². The largest absolute Gasteiger partial charge is 0.394 e. The SMILES string of the molecule is O=S(=O)(CCl)NC1(CO)CCCCC1. The Balaban J connectivity index is 2.70. The van der Waals surface area contributed by atoms with Gasteiger partial charge in [-0.3, -0.25) is 0 Å². The van der Waals surface area contributed by atoms with Gasteiger partial charge in [-0.2, -0.15) is 0 Å². The third-order valence-electron chi connectivity index (χ3n) is 2.63. The molecule has 1 aliphatic rings. The van der Waals surface area contributed by atoms with E-state index in [1.54, 1.807) is 0 Å². The van der Waals surface area contributed by atoms with E-state index in [9.17, 15) is 13.5 Å². The molecule has 1 saturated carbocycles. The molecule has 0 aromatic carbocycles. The molecule has 6 heteroatoms. The highest BCUT2D eigenvalue weighted by molar-refractivity contribution is 7.90. The van der Waals surface area contributed by atoms with Crippen LogP contribution in [0.2, 0.25) is 0 Å². The third kappa shape index (κ3) is 3.08. The Morgan fingerprint density at radius 1 is 1.29 bits per heavy atom. The highest BCUT2D eigenvalue weighted by atomic mass is 35.5. The van der Waals surface area contributed by atoms with Crippen LogP contribution in [0.25, 0.3) is 0 Å². The lowest BCUT2D eigenvalue weighted by atomic mass is 9.83. The molecule has 0 spiro atoms. The molecule has 2 N–H and O–H groups in total. The van der Waals surface area contributed by atoms with Crippen molar-refractivity contribution in [2.24, 2.45) is 0 Å². The third-order valence-corrected chi connectivity index (χ3v) is 4.52. The molecule has 0 atom stereocenters. The van der Waals surface area contributed by atoms with Gasteiger partial charge >= 0.3 is 0 Å². The predicted octanol–water partition coefficient (Wildman–Crippen LogP) is 0.797. The number of aliphatic hydroxyl groups excluding tert-OH is 1. The van der Waals surface area contributed by atoms with Crippen LogP contribution in [0.1, 0.15) is 32.1 Å². The Kier molecular flexibility index (Phi) is 4.18. The molecular weight excluding hydrogens is 226 g/mol. The molecule has 0 unspecified atom stereocenters. The standard InChI is InChI=1S/C8H16ClNO3S/c9-7-14(12,13)10-8(6-11)4-2-1-3-5-8/h10-11H,1-7H2. The quantitative estimate of drug-likeness (QED) is 0.716. The Morgan fingerprint density at radius 3 is 2.29 bits per heavy atom. The van der Waals surface area contributed by atoms with Gasteiger partial charge in [0.15, 0.2) is 0 Å². The fourth-order valence-corrected chi connectivity index (χ4v) is 3.02. The van der Waals surface area contributed by atoms with Gasteiger partial charge in [0.1, 0.15) is 5.21 Å². The maximum atomic E-state index is 11.3. The van der Waals surface area contributed by atoms with E-state index >= 15 is 0 Å². The summed E-state index contributed by atoms with van der Waals surface area (Å²) in [5, 5.41) is 8.78. The van der Waals surface area contributed by atoms with Gasteiger partial charge in [-0.1, -0.05) is 19.3 Å². The van der Waals surface area contributed by atoms with E-state index in [4.69, 9.17) is 11.6 Å². The van der Waals surface area contributed by atoms with Crippen molar-refractivity contribution >= 4 is 21.6 Å². The predicted molar refractivity (Wildman–Crippen MR) is 55.7 cm³/mol. The molecule has 0 aliphatic heterocycles. The van der Waals surface area contributed by atoms with E-state index in [-0.39, 0.29) is 6.61 Å². The molecule has 0 aromatic rings. The lowest BCUT2D eigenvalue weighted by Gasteiger charge is -2.35. The molecular formula is C8H16ClNO3S. The van der Waals surface area contributed by atoms with E-state index < -0.39 is 20.8 Å².